The van der Waals surface area contributed by atoms with Crippen LogP contribution in [0.1, 0.15) is 63.7 Å². The second-order valence-corrected chi connectivity index (χ2v) is 8.98. The van der Waals surface area contributed by atoms with Crippen LogP contribution in [-0.2, 0) is 19.1 Å². The third-order valence-electron chi connectivity index (χ3n) is 6.78. The molecule has 168 valence electrons. The van der Waals surface area contributed by atoms with E-state index in [9.17, 15) is 19.2 Å². The highest BCUT2D eigenvalue weighted by Crippen LogP contribution is 2.36. The molecule has 0 unspecified atom stereocenters. The molecule has 1 aliphatic carbocycles. The van der Waals surface area contributed by atoms with E-state index in [4.69, 9.17) is 4.74 Å². The summed E-state index contributed by atoms with van der Waals surface area (Å²) in [4.78, 5) is 50.8. The quantitative estimate of drug-likeness (QED) is 0.553. The lowest BCUT2D eigenvalue weighted by molar-refractivity contribution is -0.157. The molecule has 2 aliphatic rings. The fourth-order valence-corrected chi connectivity index (χ4v) is 4.56. The van der Waals surface area contributed by atoms with Gasteiger partial charge in [0.1, 0.15) is 0 Å². The summed E-state index contributed by atoms with van der Waals surface area (Å²) in [6.45, 7) is 7.75. The van der Waals surface area contributed by atoms with Crippen molar-refractivity contribution in [2.75, 3.05) is 11.9 Å². The van der Waals surface area contributed by atoms with Crippen molar-refractivity contribution >= 4 is 29.3 Å². The minimum absolute atomic E-state index is 0.00411. The minimum Gasteiger partial charge on any atom is -0.452 e. The summed E-state index contributed by atoms with van der Waals surface area (Å²) in [7, 11) is 0. The number of anilines is 1. The highest BCUT2D eigenvalue weighted by atomic mass is 16.5. The van der Waals surface area contributed by atoms with Crippen LogP contribution in [0.2, 0.25) is 0 Å². The highest BCUT2D eigenvalue weighted by Gasteiger charge is 2.42. The molecule has 1 aliphatic heterocycles. The first-order chi connectivity index (χ1) is 14.7. The van der Waals surface area contributed by atoms with Gasteiger partial charge in [-0.15, -0.1) is 0 Å². The molecule has 0 aromatic heterocycles. The molecule has 1 aromatic rings. The van der Waals surface area contributed by atoms with Crippen LogP contribution in [0, 0.1) is 17.8 Å². The summed E-state index contributed by atoms with van der Waals surface area (Å²) in [6.07, 6.45) is 2.39. The lowest BCUT2D eigenvalue weighted by Gasteiger charge is -2.39. The molecule has 1 aromatic carbocycles. The molecular formula is C24H32N2O5. The fraction of sp³-hybridized carbons (Fsp3) is 0.583. The number of benzene rings is 1. The number of ether oxygens (including phenoxy) is 1. The van der Waals surface area contributed by atoms with Gasteiger partial charge in [0, 0.05) is 30.3 Å². The molecule has 1 saturated heterocycles. The van der Waals surface area contributed by atoms with Crippen LogP contribution in [0.25, 0.3) is 0 Å². The number of nitrogens with zero attached hydrogens (tertiary/aromatic N) is 1. The van der Waals surface area contributed by atoms with Crippen molar-refractivity contribution in [1.82, 2.24) is 4.90 Å². The van der Waals surface area contributed by atoms with E-state index < -0.39 is 23.9 Å². The molecule has 3 rings (SSSR count). The molecule has 1 N–H and O–H groups in total. The van der Waals surface area contributed by atoms with Crippen molar-refractivity contribution in [3.63, 3.8) is 0 Å². The Bertz CT molecular complexity index is 850. The largest absolute Gasteiger partial charge is 0.452 e. The number of amides is 2. The molecule has 7 nitrogen and oxygen atoms in total. The summed E-state index contributed by atoms with van der Waals surface area (Å²) in [5, 5.41) is 2.68. The number of hydrogen-bond donors (Lipinski definition) is 1. The van der Waals surface area contributed by atoms with Gasteiger partial charge in [-0.3, -0.25) is 19.2 Å². The van der Waals surface area contributed by atoms with Gasteiger partial charge in [0.25, 0.3) is 5.91 Å². The number of carbonyl (C=O) groups is 4. The maximum Gasteiger partial charge on any atom is 0.312 e. The Morgan fingerprint density at radius 2 is 1.81 bits per heavy atom. The number of rotatable bonds is 6. The smallest absolute Gasteiger partial charge is 0.312 e. The van der Waals surface area contributed by atoms with Gasteiger partial charge in [-0.2, -0.15) is 0 Å². The number of ketones is 1. The van der Waals surface area contributed by atoms with Gasteiger partial charge in [-0.05, 0) is 56.4 Å². The number of nitrogens with one attached hydrogen (secondary N) is 1. The summed E-state index contributed by atoms with van der Waals surface area (Å²) >= 11 is 0. The summed E-state index contributed by atoms with van der Waals surface area (Å²) in [6, 6.07) is 6.68. The van der Waals surface area contributed by atoms with Crippen molar-refractivity contribution in [1.29, 1.82) is 0 Å². The van der Waals surface area contributed by atoms with Gasteiger partial charge in [0.15, 0.2) is 11.9 Å². The Kier molecular flexibility index (Phi) is 7.13. The second-order valence-electron chi connectivity index (χ2n) is 8.98. The van der Waals surface area contributed by atoms with E-state index in [1.54, 1.807) is 24.3 Å². The maximum atomic E-state index is 12.6. The van der Waals surface area contributed by atoms with Gasteiger partial charge in [0.2, 0.25) is 5.91 Å². The first-order valence-electron chi connectivity index (χ1n) is 11.1. The summed E-state index contributed by atoms with van der Waals surface area (Å²) in [5.74, 6) is -0.603. The van der Waals surface area contributed by atoms with Gasteiger partial charge < -0.3 is 15.0 Å². The molecule has 0 radical (unpaired) electrons. The van der Waals surface area contributed by atoms with Gasteiger partial charge in [-0.25, -0.2) is 0 Å². The Labute approximate surface area is 183 Å². The predicted octanol–water partition coefficient (Wildman–Crippen LogP) is 3.43. The van der Waals surface area contributed by atoms with E-state index in [0.29, 0.717) is 29.6 Å². The molecule has 5 atom stereocenters. The van der Waals surface area contributed by atoms with Crippen molar-refractivity contribution in [2.45, 2.75) is 65.5 Å². The average Bonchev–Trinajstić information content (AvgIpc) is 3.12. The highest BCUT2D eigenvalue weighted by molar-refractivity contribution is 5.97. The van der Waals surface area contributed by atoms with Crippen LogP contribution in [0.3, 0.4) is 0 Å². The predicted molar refractivity (Wildman–Crippen MR) is 116 cm³/mol. The van der Waals surface area contributed by atoms with Gasteiger partial charge >= 0.3 is 5.97 Å². The molecule has 1 heterocycles. The van der Waals surface area contributed by atoms with Crippen molar-refractivity contribution in [3.8, 4) is 0 Å². The molecule has 2 amide bonds. The Balaban J connectivity index is 1.54. The molecule has 7 heteroatoms. The SMILES string of the molecule is CC(=O)c1ccc(NC(=O)[C@H](C)OC(=O)[C@@H]2CC(=O)N([C@H]3CCC[C@@H](C)[C@H]3C)C2)cc1. The van der Waals surface area contributed by atoms with Crippen LogP contribution in [-0.4, -0.2) is 47.2 Å². The van der Waals surface area contributed by atoms with Crippen molar-refractivity contribution in [3.05, 3.63) is 29.8 Å². The number of Topliss-reactive ketones (excluding diaryl/α,β-unsaturated/α-hetero) is 1. The van der Waals surface area contributed by atoms with Gasteiger partial charge in [0.05, 0.1) is 5.92 Å². The number of carbonyl (C=O) groups excluding carboxylic acids is 4. The van der Waals surface area contributed by atoms with Gasteiger partial charge in [-0.1, -0.05) is 26.7 Å². The topological polar surface area (TPSA) is 92.8 Å². The molecule has 0 bridgehead atoms. The minimum atomic E-state index is -0.988. The number of likely N-dealkylation sites (tertiary alicyclic amines) is 1. The van der Waals surface area contributed by atoms with Crippen LogP contribution in [0.5, 0.6) is 0 Å². The zero-order valence-corrected chi connectivity index (χ0v) is 18.7. The average molecular weight is 429 g/mol. The van der Waals surface area contributed by atoms with Crippen LogP contribution in [0.15, 0.2) is 24.3 Å². The summed E-state index contributed by atoms with van der Waals surface area (Å²) in [5.41, 5.74) is 1.06. The van der Waals surface area contributed by atoms with Crippen LogP contribution in [0.4, 0.5) is 5.69 Å². The monoisotopic (exact) mass is 428 g/mol. The first-order valence-corrected chi connectivity index (χ1v) is 11.1. The van der Waals surface area contributed by atoms with Crippen LogP contribution >= 0.6 is 0 Å². The molecule has 0 spiro atoms. The molecule has 2 fully saturated rings. The number of esters is 1. The van der Waals surface area contributed by atoms with E-state index >= 15 is 0 Å². The maximum absolute atomic E-state index is 12.6. The molecule has 1 saturated carbocycles. The Hall–Kier alpha value is -2.70. The lowest BCUT2D eigenvalue weighted by atomic mass is 9.77. The zero-order valence-electron chi connectivity index (χ0n) is 18.7. The molecule has 31 heavy (non-hydrogen) atoms. The lowest BCUT2D eigenvalue weighted by Crippen LogP contribution is -2.45. The third kappa shape index (κ3) is 5.32. The Morgan fingerprint density at radius 3 is 2.45 bits per heavy atom. The fourth-order valence-electron chi connectivity index (χ4n) is 4.56. The Morgan fingerprint density at radius 1 is 1.13 bits per heavy atom. The second kappa shape index (κ2) is 9.62. The van der Waals surface area contributed by atoms with E-state index in [-0.39, 0.29) is 24.2 Å². The zero-order chi connectivity index (χ0) is 22.7. The third-order valence-corrected chi connectivity index (χ3v) is 6.78. The van der Waals surface area contributed by atoms with E-state index in [1.807, 2.05) is 4.90 Å². The normalized spacial score (nSPS) is 27.0. The van der Waals surface area contributed by atoms with E-state index in [2.05, 4.69) is 19.2 Å². The standard InChI is InChI=1S/C24H32N2O5/c1-14-6-5-7-21(15(14)2)26-13-19(12-22(26)28)24(30)31-17(4)23(29)25-20-10-8-18(9-11-20)16(3)27/h8-11,14-15,17,19,21H,5-7,12-13H2,1-4H3,(H,25,29)/t14-,15-,17+,19-,21+/m1/s1. The van der Waals surface area contributed by atoms with Crippen molar-refractivity contribution < 1.29 is 23.9 Å². The first kappa shape index (κ1) is 23.0. The van der Waals surface area contributed by atoms with E-state index in [0.717, 1.165) is 12.8 Å². The molecular weight excluding hydrogens is 396 g/mol. The number of hydrogen-bond acceptors (Lipinski definition) is 5. The van der Waals surface area contributed by atoms with E-state index in [1.165, 1.54) is 20.3 Å². The van der Waals surface area contributed by atoms with Crippen molar-refractivity contribution in [2.24, 2.45) is 17.8 Å². The van der Waals surface area contributed by atoms with Crippen LogP contribution < -0.4 is 5.32 Å². The summed E-state index contributed by atoms with van der Waals surface area (Å²) < 4.78 is 5.38.